The Labute approximate surface area is 317 Å². The minimum absolute atomic E-state index is 0. The molecule has 0 saturated carbocycles. The van der Waals surface area contributed by atoms with Gasteiger partial charge in [-0.05, 0) is 93.5 Å². The number of rotatable bonds is 20. The van der Waals surface area contributed by atoms with Gasteiger partial charge in [-0.15, -0.1) is 0 Å². The van der Waals surface area contributed by atoms with Gasteiger partial charge >= 0.3 is 7.87 Å². The monoisotopic (exact) mass is 792 g/mol. The molecule has 4 aromatic carbocycles. The minimum Gasteiger partial charge on any atom is -1.00 e. The summed E-state index contributed by atoms with van der Waals surface area (Å²) in [7, 11) is -2.69. The van der Waals surface area contributed by atoms with Gasteiger partial charge in [0.2, 0.25) is 0 Å². The van der Waals surface area contributed by atoms with Crippen molar-refractivity contribution in [3.8, 4) is 0 Å². The van der Waals surface area contributed by atoms with E-state index in [1.807, 2.05) is 0 Å². The standard InChI is InChI=1S/C43H62N4P.HI/c1-8-12-33-44(40-28-17-16-18-29-40)48(45(34-13-9-2)41-30-22-19-25-37(41)5,46(35-14-10-3)42-31-23-20-26-38(42)6)47(36-15-11-4)43-32-24-21-27-39(43)7;/h16-32H,8-15,33-36H2,1-7H3;1H/q+1;/p-1. The molecule has 0 aliphatic heterocycles. The van der Waals surface area contributed by atoms with Crippen LogP contribution in [0.15, 0.2) is 103 Å². The highest BCUT2D eigenvalue weighted by Crippen LogP contribution is 2.74. The molecular formula is C43H62IN4P. The van der Waals surface area contributed by atoms with E-state index in [1.54, 1.807) is 0 Å². The molecule has 6 heteroatoms. The summed E-state index contributed by atoms with van der Waals surface area (Å²) < 4.78 is 11.6. The molecule has 0 aliphatic carbocycles. The van der Waals surface area contributed by atoms with Crippen LogP contribution in [0.25, 0.3) is 0 Å². The van der Waals surface area contributed by atoms with E-state index in [1.165, 1.54) is 39.4 Å². The molecule has 0 aromatic heterocycles. The van der Waals surface area contributed by atoms with E-state index in [4.69, 9.17) is 0 Å². The molecule has 0 aliphatic rings. The van der Waals surface area contributed by atoms with Gasteiger partial charge in [-0.3, -0.25) is 0 Å². The molecule has 4 nitrogen and oxygen atoms in total. The van der Waals surface area contributed by atoms with Gasteiger partial charge in [0.1, 0.15) is 0 Å². The van der Waals surface area contributed by atoms with Gasteiger partial charge in [-0.1, -0.05) is 126 Å². The van der Waals surface area contributed by atoms with Gasteiger partial charge in [-0.2, -0.15) is 18.7 Å². The lowest BCUT2D eigenvalue weighted by atomic mass is 10.2. The Balaban J connectivity index is 0.00000650. The normalized spacial score (nSPS) is 11.2. The number of unbranched alkanes of at least 4 members (excludes halogenated alkanes) is 4. The van der Waals surface area contributed by atoms with Gasteiger partial charge in [0.25, 0.3) is 0 Å². The third kappa shape index (κ3) is 9.52. The van der Waals surface area contributed by atoms with E-state index >= 15 is 0 Å². The topological polar surface area (TPSA) is 13.0 Å². The predicted octanol–water partition coefficient (Wildman–Crippen LogP) is 9.82. The molecule has 0 N–H and O–H groups in total. The molecule has 0 spiro atoms. The first-order chi connectivity index (χ1) is 23.4. The molecule has 0 amide bonds. The Kier molecular flexibility index (Phi) is 17.3. The first-order valence-corrected chi connectivity index (χ1v) is 20.3. The summed E-state index contributed by atoms with van der Waals surface area (Å²) in [6, 6.07) is 38.9. The summed E-state index contributed by atoms with van der Waals surface area (Å²) in [5, 5.41) is 0. The zero-order valence-electron chi connectivity index (χ0n) is 31.4. The fourth-order valence-corrected chi connectivity index (χ4v) is 12.0. The molecule has 0 bridgehead atoms. The summed E-state index contributed by atoms with van der Waals surface area (Å²) in [5.41, 5.74) is 9.36. The number of anilines is 4. The molecule has 0 heterocycles. The average Bonchev–Trinajstić information content (AvgIpc) is 3.11. The number of hydrogen-bond acceptors (Lipinski definition) is 4. The maximum atomic E-state index is 2.92. The van der Waals surface area contributed by atoms with Crippen molar-refractivity contribution in [3.63, 3.8) is 0 Å². The van der Waals surface area contributed by atoms with E-state index in [0.29, 0.717) is 0 Å². The van der Waals surface area contributed by atoms with E-state index in [9.17, 15) is 0 Å². The van der Waals surface area contributed by atoms with Gasteiger partial charge in [0.05, 0.1) is 48.9 Å². The van der Waals surface area contributed by atoms with Gasteiger partial charge in [-0.25, -0.2) is 0 Å². The summed E-state index contributed by atoms with van der Waals surface area (Å²) in [4.78, 5) is 0. The quantitative estimate of drug-likeness (QED) is 0.0653. The van der Waals surface area contributed by atoms with Crippen molar-refractivity contribution >= 4 is 30.6 Å². The first-order valence-electron chi connectivity index (χ1n) is 18.7. The molecule has 4 aromatic rings. The fraction of sp³-hybridized carbons (Fsp3) is 0.442. The molecule has 0 unspecified atom stereocenters. The van der Waals surface area contributed by atoms with Crippen molar-refractivity contribution in [2.45, 2.75) is 99.8 Å². The maximum Gasteiger partial charge on any atom is 0.405 e. The van der Waals surface area contributed by atoms with Gasteiger partial charge in [0.15, 0.2) is 0 Å². The summed E-state index contributed by atoms with van der Waals surface area (Å²) in [5.74, 6) is 0. The minimum atomic E-state index is -2.69. The van der Waals surface area contributed by atoms with Crippen molar-refractivity contribution in [1.29, 1.82) is 0 Å². The molecule has 49 heavy (non-hydrogen) atoms. The largest absolute Gasteiger partial charge is 1.00 e. The number of benzene rings is 4. The predicted molar refractivity (Wildman–Crippen MR) is 216 cm³/mol. The second-order valence-electron chi connectivity index (χ2n) is 13.1. The highest BCUT2D eigenvalue weighted by Gasteiger charge is 2.63. The van der Waals surface area contributed by atoms with Crippen LogP contribution in [-0.2, 0) is 0 Å². The Morgan fingerprint density at radius 3 is 0.980 bits per heavy atom. The van der Waals surface area contributed by atoms with Crippen LogP contribution in [0, 0.1) is 20.8 Å². The summed E-state index contributed by atoms with van der Waals surface area (Å²) in [6.07, 6.45) is 9.05. The lowest BCUT2D eigenvalue weighted by Gasteiger charge is -2.54. The van der Waals surface area contributed by atoms with E-state index in [-0.39, 0.29) is 24.0 Å². The second-order valence-corrected chi connectivity index (χ2v) is 16.1. The molecular weight excluding hydrogens is 730 g/mol. The van der Waals surface area contributed by atoms with Gasteiger partial charge < -0.3 is 24.0 Å². The average molecular weight is 793 g/mol. The number of nitrogens with zero attached hydrogens (tertiary/aromatic N) is 4. The lowest BCUT2D eigenvalue weighted by molar-refractivity contribution is -0.0000101. The van der Waals surface area contributed by atoms with Crippen molar-refractivity contribution in [1.82, 2.24) is 0 Å². The van der Waals surface area contributed by atoms with Crippen LogP contribution in [0.3, 0.4) is 0 Å². The Morgan fingerprint density at radius 2 is 0.673 bits per heavy atom. The van der Waals surface area contributed by atoms with Crippen LogP contribution < -0.4 is 42.7 Å². The van der Waals surface area contributed by atoms with Crippen LogP contribution in [0.5, 0.6) is 0 Å². The zero-order chi connectivity index (χ0) is 34.4. The Bertz CT molecular complexity index is 1370. The molecule has 0 fully saturated rings. The SMILES string of the molecule is CCCCN(c1ccccc1)[P+](N(CCCC)c1ccccc1C)(N(CCCC)c1ccccc1C)N(CCCC)c1ccccc1C.[I-]. The number of aryl methyl sites for hydroxylation is 3. The zero-order valence-corrected chi connectivity index (χ0v) is 34.5. The Morgan fingerprint density at radius 1 is 0.388 bits per heavy atom. The first kappa shape index (κ1) is 40.7. The molecule has 266 valence electrons. The second kappa shape index (κ2) is 20.8. The van der Waals surface area contributed by atoms with Crippen molar-refractivity contribution < 1.29 is 24.0 Å². The maximum absolute atomic E-state index is 2.92. The highest BCUT2D eigenvalue weighted by molar-refractivity contribution is 7.81. The Hall–Kier alpha value is -2.76. The smallest absolute Gasteiger partial charge is 0.405 e. The van der Waals surface area contributed by atoms with Crippen molar-refractivity contribution in [2.24, 2.45) is 0 Å². The van der Waals surface area contributed by atoms with Crippen LogP contribution in [0.4, 0.5) is 22.7 Å². The van der Waals surface area contributed by atoms with Crippen LogP contribution >= 0.6 is 7.87 Å². The molecule has 0 saturated heterocycles. The fourth-order valence-electron chi connectivity index (χ4n) is 6.79. The number of halogens is 1. The summed E-state index contributed by atoms with van der Waals surface area (Å²) in [6.45, 7) is 20.2. The van der Waals surface area contributed by atoms with E-state index in [2.05, 4.69) is 170 Å². The van der Waals surface area contributed by atoms with Gasteiger partial charge in [0, 0.05) is 0 Å². The highest BCUT2D eigenvalue weighted by atomic mass is 127. The molecule has 0 radical (unpaired) electrons. The summed E-state index contributed by atoms with van der Waals surface area (Å²) >= 11 is 0. The number of hydrogen-bond donors (Lipinski definition) is 0. The van der Waals surface area contributed by atoms with Crippen LogP contribution in [-0.4, -0.2) is 26.2 Å². The van der Waals surface area contributed by atoms with E-state index in [0.717, 1.165) is 77.5 Å². The molecule has 0 atom stereocenters. The van der Waals surface area contributed by atoms with Crippen LogP contribution in [0.1, 0.15) is 95.8 Å². The van der Waals surface area contributed by atoms with Crippen LogP contribution in [0.2, 0.25) is 0 Å². The third-order valence-electron chi connectivity index (χ3n) is 9.42. The molecule has 4 rings (SSSR count). The van der Waals surface area contributed by atoms with Crippen molar-refractivity contribution in [3.05, 3.63) is 120 Å². The third-order valence-corrected chi connectivity index (χ3v) is 13.7. The van der Waals surface area contributed by atoms with Crippen molar-refractivity contribution in [2.75, 3.05) is 44.9 Å². The van der Waals surface area contributed by atoms with E-state index < -0.39 is 7.87 Å². The lowest BCUT2D eigenvalue weighted by Crippen LogP contribution is -3.00. The number of para-hydroxylation sites is 4.